The Morgan fingerprint density at radius 1 is 1.17 bits per heavy atom. The first kappa shape index (κ1) is 21.7. The zero-order valence-corrected chi connectivity index (χ0v) is 19.6. The zero-order chi connectivity index (χ0) is 21.5. The van der Waals surface area contributed by atoms with Gasteiger partial charge < -0.3 is 5.32 Å². The summed E-state index contributed by atoms with van der Waals surface area (Å²) < 4.78 is 0. The number of nitrogens with zero attached hydrogens (tertiary/aromatic N) is 4. The Kier molecular flexibility index (Phi) is 5.94. The van der Waals surface area contributed by atoms with E-state index < -0.39 is 5.54 Å². The fraction of sp³-hybridized carbons (Fsp3) is 0.773. The van der Waals surface area contributed by atoms with Crippen molar-refractivity contribution < 1.29 is 9.59 Å². The Labute approximate surface area is 183 Å². The highest BCUT2D eigenvalue weighted by atomic mass is 32.1. The molecule has 7 nitrogen and oxygen atoms in total. The highest BCUT2D eigenvalue weighted by molar-refractivity contribution is 7.09. The number of piperazine rings is 1. The quantitative estimate of drug-likeness (QED) is 0.740. The molecule has 3 amide bonds. The summed E-state index contributed by atoms with van der Waals surface area (Å²) in [6.45, 7) is 13.5. The third-order valence-electron chi connectivity index (χ3n) is 6.89. The number of rotatable bonds is 4. The van der Waals surface area contributed by atoms with Gasteiger partial charge in [-0.1, -0.05) is 40.5 Å². The molecular weight excluding hydrogens is 398 g/mol. The Morgan fingerprint density at radius 3 is 2.50 bits per heavy atom. The van der Waals surface area contributed by atoms with Gasteiger partial charge in [-0.2, -0.15) is 0 Å². The van der Waals surface area contributed by atoms with Gasteiger partial charge in [-0.05, 0) is 18.8 Å². The molecule has 2 atom stereocenters. The number of imide groups is 1. The van der Waals surface area contributed by atoms with E-state index in [0.717, 1.165) is 64.1 Å². The smallest absolute Gasteiger partial charge is 0.323 e. The van der Waals surface area contributed by atoms with Gasteiger partial charge in [0.15, 0.2) is 0 Å². The summed E-state index contributed by atoms with van der Waals surface area (Å²) >= 11 is 1.74. The van der Waals surface area contributed by atoms with Crippen LogP contribution in [0.25, 0.3) is 0 Å². The van der Waals surface area contributed by atoms with Gasteiger partial charge in [-0.25, -0.2) is 14.7 Å². The number of urea groups is 1. The molecule has 3 heterocycles. The predicted octanol–water partition coefficient (Wildman–Crippen LogP) is 3.02. The second kappa shape index (κ2) is 8.20. The van der Waals surface area contributed by atoms with Crippen LogP contribution in [0.15, 0.2) is 5.38 Å². The fourth-order valence-corrected chi connectivity index (χ4v) is 5.76. The Morgan fingerprint density at radius 2 is 1.87 bits per heavy atom. The molecule has 2 saturated heterocycles. The van der Waals surface area contributed by atoms with Gasteiger partial charge in [0.05, 0.1) is 17.4 Å². The monoisotopic (exact) mass is 433 g/mol. The maximum atomic E-state index is 13.2. The lowest BCUT2D eigenvalue weighted by atomic mass is 9.73. The third-order valence-corrected chi connectivity index (χ3v) is 8.20. The predicted molar refractivity (Wildman–Crippen MR) is 118 cm³/mol. The van der Waals surface area contributed by atoms with E-state index in [1.165, 1.54) is 9.91 Å². The van der Waals surface area contributed by atoms with Crippen LogP contribution in [0.5, 0.6) is 0 Å². The maximum absolute atomic E-state index is 13.2. The van der Waals surface area contributed by atoms with E-state index in [0.29, 0.717) is 6.67 Å². The van der Waals surface area contributed by atoms with Gasteiger partial charge in [0.1, 0.15) is 5.54 Å². The van der Waals surface area contributed by atoms with Crippen LogP contribution in [0.1, 0.15) is 64.1 Å². The lowest BCUT2D eigenvalue weighted by molar-refractivity contribution is -0.136. The summed E-state index contributed by atoms with van der Waals surface area (Å²) in [6.07, 6.45) is 3.93. The second-order valence-corrected chi connectivity index (χ2v) is 11.1. The largest absolute Gasteiger partial charge is 0.326 e. The van der Waals surface area contributed by atoms with E-state index in [1.807, 2.05) is 0 Å². The number of hydrogen-bond acceptors (Lipinski definition) is 6. The third kappa shape index (κ3) is 4.14. The average Bonchev–Trinajstić information content (AvgIpc) is 3.25. The van der Waals surface area contributed by atoms with E-state index in [9.17, 15) is 9.59 Å². The Balaban J connectivity index is 1.30. The summed E-state index contributed by atoms with van der Waals surface area (Å²) in [5, 5.41) is 6.41. The normalized spacial score (nSPS) is 29.1. The van der Waals surface area contributed by atoms with E-state index >= 15 is 0 Å². The minimum absolute atomic E-state index is 0.0145. The Hall–Kier alpha value is -1.51. The van der Waals surface area contributed by atoms with Gasteiger partial charge in [-0.15, -0.1) is 11.3 Å². The lowest BCUT2D eigenvalue weighted by Crippen LogP contribution is -2.55. The molecule has 1 saturated carbocycles. The first-order valence-electron chi connectivity index (χ1n) is 11.2. The number of nitrogens with one attached hydrogen (secondary N) is 1. The molecule has 3 aliphatic rings. The molecule has 166 valence electrons. The van der Waals surface area contributed by atoms with Gasteiger partial charge in [0.25, 0.3) is 5.91 Å². The average molecular weight is 434 g/mol. The van der Waals surface area contributed by atoms with Crippen LogP contribution < -0.4 is 5.32 Å². The van der Waals surface area contributed by atoms with Crippen molar-refractivity contribution in [3.05, 3.63) is 16.1 Å². The topological polar surface area (TPSA) is 68.8 Å². The molecule has 0 bridgehead atoms. The number of hydrogen-bond donors (Lipinski definition) is 1. The Bertz CT molecular complexity index is 796. The number of aromatic nitrogens is 1. The van der Waals surface area contributed by atoms with E-state index in [2.05, 4.69) is 48.2 Å². The van der Waals surface area contributed by atoms with Crippen molar-refractivity contribution >= 4 is 23.3 Å². The molecule has 1 aliphatic carbocycles. The molecule has 4 rings (SSSR count). The summed E-state index contributed by atoms with van der Waals surface area (Å²) in [6, 6.07) is -0.214. The maximum Gasteiger partial charge on any atom is 0.326 e. The van der Waals surface area contributed by atoms with Crippen LogP contribution in [-0.4, -0.2) is 70.0 Å². The van der Waals surface area contributed by atoms with Crippen LogP contribution in [0, 0.1) is 5.92 Å². The molecule has 0 unspecified atom stereocenters. The molecule has 0 aromatic carbocycles. The van der Waals surface area contributed by atoms with Crippen molar-refractivity contribution in [3.63, 3.8) is 0 Å². The lowest BCUT2D eigenvalue weighted by Gasteiger charge is -2.38. The van der Waals surface area contributed by atoms with E-state index in [4.69, 9.17) is 4.98 Å². The van der Waals surface area contributed by atoms with E-state index in [1.54, 1.807) is 11.3 Å². The van der Waals surface area contributed by atoms with Crippen molar-refractivity contribution in [3.8, 4) is 0 Å². The van der Waals surface area contributed by atoms with Crippen LogP contribution in [0.3, 0.4) is 0 Å². The molecule has 1 N–H and O–H groups in total. The van der Waals surface area contributed by atoms with Crippen molar-refractivity contribution in [2.45, 2.75) is 70.9 Å². The molecule has 1 aromatic rings. The highest BCUT2D eigenvalue weighted by Crippen LogP contribution is 2.38. The van der Waals surface area contributed by atoms with Crippen LogP contribution >= 0.6 is 11.3 Å². The molecule has 3 fully saturated rings. The van der Waals surface area contributed by atoms with E-state index in [-0.39, 0.29) is 23.3 Å². The SMILES string of the molecule is C[C@@H]1CCCC[C@@]12NC(=O)N(CN1CCN(Cc3csc(C(C)(C)C)n3)CC1)C2=O. The van der Waals surface area contributed by atoms with Crippen LogP contribution in [0.4, 0.5) is 4.79 Å². The zero-order valence-electron chi connectivity index (χ0n) is 18.7. The first-order valence-corrected chi connectivity index (χ1v) is 12.1. The number of amides is 3. The van der Waals surface area contributed by atoms with Crippen LogP contribution in [-0.2, 0) is 16.8 Å². The number of carbonyl (C=O) groups is 2. The number of carbonyl (C=O) groups excluding carboxylic acids is 2. The van der Waals surface area contributed by atoms with Crippen LogP contribution in [0.2, 0.25) is 0 Å². The second-order valence-electron chi connectivity index (χ2n) is 10.2. The molecular formula is C22H35N5O2S. The summed E-state index contributed by atoms with van der Waals surface area (Å²) in [4.78, 5) is 36.7. The molecule has 1 spiro atoms. The standard InChI is InChI=1S/C22H35N5O2S/c1-16-7-5-6-8-22(16)19(28)27(20(29)24-22)15-26-11-9-25(10-12-26)13-17-14-30-18(23-17)21(2,3)4/h14,16H,5-13,15H2,1-4H3,(H,24,29)/t16-,22-/m1/s1. The van der Waals surface area contributed by atoms with Crippen molar-refractivity contribution in [2.75, 3.05) is 32.8 Å². The summed E-state index contributed by atoms with van der Waals surface area (Å²) in [5.41, 5.74) is 0.574. The molecule has 8 heteroatoms. The summed E-state index contributed by atoms with van der Waals surface area (Å²) in [7, 11) is 0. The van der Waals surface area contributed by atoms with Gasteiger partial charge in [0.2, 0.25) is 0 Å². The molecule has 2 aliphatic heterocycles. The van der Waals surface area contributed by atoms with Crippen molar-refractivity contribution in [1.29, 1.82) is 0 Å². The van der Waals surface area contributed by atoms with Gasteiger partial charge >= 0.3 is 6.03 Å². The first-order chi connectivity index (χ1) is 14.2. The number of thiazole rings is 1. The fourth-order valence-electron chi connectivity index (χ4n) is 4.87. The minimum atomic E-state index is -0.660. The molecule has 1 aromatic heterocycles. The van der Waals surface area contributed by atoms with Crippen molar-refractivity contribution in [1.82, 2.24) is 25.0 Å². The highest BCUT2D eigenvalue weighted by Gasteiger charge is 2.55. The molecule has 0 radical (unpaired) electrons. The van der Waals surface area contributed by atoms with Gasteiger partial charge in [0, 0.05) is 43.5 Å². The minimum Gasteiger partial charge on any atom is -0.323 e. The van der Waals surface area contributed by atoms with Crippen molar-refractivity contribution in [2.24, 2.45) is 5.92 Å². The van der Waals surface area contributed by atoms with Gasteiger partial charge in [-0.3, -0.25) is 14.6 Å². The molecule has 30 heavy (non-hydrogen) atoms. The summed E-state index contributed by atoms with van der Waals surface area (Å²) in [5.74, 6) is 0.194.